The average Bonchev–Trinajstić information content (AvgIpc) is 2.42. The number of amides is 2. The Bertz CT molecular complexity index is 519. The molecule has 0 aliphatic carbocycles. The predicted molar refractivity (Wildman–Crippen MR) is 43.0 cm³/mol. The van der Waals surface area contributed by atoms with Gasteiger partial charge in [-0.15, -0.1) is 0 Å². The fraction of sp³-hybridized carbons (Fsp3) is 0. The number of rotatable bonds is 1. The van der Waals surface area contributed by atoms with E-state index < -0.39 is 5.91 Å². The first-order chi connectivity index (χ1) is 6.16. The van der Waals surface area contributed by atoms with E-state index >= 15 is 0 Å². The Morgan fingerprint density at radius 2 is 2.23 bits per heavy atom. The van der Waals surface area contributed by atoms with Gasteiger partial charge in [0.15, 0.2) is 5.49 Å². The molecular formula is C8H5N3O2. The SMILES string of the molecule is NC(=O)c1cnc2c(c1)=CC(=O)N=2. The molecule has 0 atom stereocenters. The van der Waals surface area contributed by atoms with Crippen LogP contribution in [0.1, 0.15) is 10.4 Å². The van der Waals surface area contributed by atoms with Gasteiger partial charge in [-0.2, -0.15) is 4.99 Å². The van der Waals surface area contributed by atoms with Gasteiger partial charge < -0.3 is 5.73 Å². The molecule has 0 bridgehead atoms. The van der Waals surface area contributed by atoms with Crippen molar-refractivity contribution in [1.29, 1.82) is 0 Å². The second kappa shape index (κ2) is 2.48. The van der Waals surface area contributed by atoms with Crippen LogP contribution in [0.4, 0.5) is 0 Å². The molecule has 13 heavy (non-hydrogen) atoms. The lowest BCUT2D eigenvalue weighted by atomic mass is 10.2. The smallest absolute Gasteiger partial charge is 0.272 e. The summed E-state index contributed by atoms with van der Waals surface area (Å²) in [6, 6.07) is 1.50. The van der Waals surface area contributed by atoms with Crippen molar-refractivity contribution in [1.82, 2.24) is 4.98 Å². The maximum atomic E-state index is 10.8. The van der Waals surface area contributed by atoms with E-state index in [0.29, 0.717) is 10.7 Å². The van der Waals surface area contributed by atoms with Crippen molar-refractivity contribution in [3.63, 3.8) is 0 Å². The summed E-state index contributed by atoms with van der Waals surface area (Å²) in [4.78, 5) is 28.9. The molecule has 64 valence electrons. The normalized spacial score (nSPS) is 13.1. The molecular weight excluding hydrogens is 170 g/mol. The van der Waals surface area contributed by atoms with E-state index in [0.717, 1.165) is 0 Å². The molecule has 1 aromatic heterocycles. The molecule has 0 radical (unpaired) electrons. The van der Waals surface area contributed by atoms with Gasteiger partial charge >= 0.3 is 0 Å². The molecule has 0 spiro atoms. The van der Waals surface area contributed by atoms with Gasteiger partial charge in [0.25, 0.3) is 5.91 Å². The fourth-order valence-corrected chi connectivity index (χ4v) is 1.08. The van der Waals surface area contributed by atoms with Gasteiger partial charge in [0.2, 0.25) is 5.91 Å². The summed E-state index contributed by atoms with van der Waals surface area (Å²) in [6.07, 6.45) is 2.62. The van der Waals surface area contributed by atoms with Gasteiger partial charge in [-0.3, -0.25) is 9.59 Å². The van der Waals surface area contributed by atoms with Crippen molar-refractivity contribution in [2.24, 2.45) is 10.7 Å². The Labute approximate surface area is 72.6 Å². The molecule has 1 aliphatic rings. The lowest BCUT2D eigenvalue weighted by molar-refractivity contribution is -0.112. The Morgan fingerprint density at radius 1 is 1.46 bits per heavy atom. The van der Waals surface area contributed by atoms with E-state index in [-0.39, 0.29) is 11.5 Å². The minimum atomic E-state index is -0.567. The first kappa shape index (κ1) is 7.60. The van der Waals surface area contributed by atoms with Crippen molar-refractivity contribution in [2.75, 3.05) is 0 Å². The van der Waals surface area contributed by atoms with Crippen LogP contribution in [-0.2, 0) is 4.79 Å². The zero-order valence-electron chi connectivity index (χ0n) is 6.52. The molecule has 1 aromatic rings. The lowest BCUT2D eigenvalue weighted by Gasteiger charge is -1.90. The number of fused-ring (bicyclic) bond motifs is 1. The van der Waals surface area contributed by atoms with Gasteiger partial charge in [-0.25, -0.2) is 4.98 Å². The van der Waals surface area contributed by atoms with Crippen LogP contribution in [0.25, 0.3) is 6.08 Å². The number of primary amides is 1. The van der Waals surface area contributed by atoms with E-state index in [1.165, 1.54) is 18.3 Å². The van der Waals surface area contributed by atoms with E-state index in [9.17, 15) is 9.59 Å². The van der Waals surface area contributed by atoms with Crippen LogP contribution >= 0.6 is 0 Å². The summed E-state index contributed by atoms with van der Waals surface area (Å²) < 4.78 is 0. The predicted octanol–water partition coefficient (Wildman–Crippen LogP) is -1.88. The summed E-state index contributed by atoms with van der Waals surface area (Å²) in [5.74, 6) is -0.924. The number of hydrogen-bond donors (Lipinski definition) is 1. The Morgan fingerprint density at radius 3 is 2.92 bits per heavy atom. The minimum Gasteiger partial charge on any atom is -0.366 e. The fourth-order valence-electron chi connectivity index (χ4n) is 1.08. The number of carbonyl (C=O) groups excluding carboxylic acids is 2. The van der Waals surface area contributed by atoms with Crippen molar-refractivity contribution in [3.8, 4) is 0 Å². The van der Waals surface area contributed by atoms with Gasteiger partial charge in [0.05, 0.1) is 5.56 Å². The van der Waals surface area contributed by atoms with Crippen LogP contribution in [0.2, 0.25) is 0 Å². The third kappa shape index (κ3) is 1.20. The number of nitrogens with two attached hydrogens (primary N) is 1. The molecule has 0 unspecified atom stereocenters. The Hall–Kier alpha value is -2.04. The molecule has 5 heteroatoms. The Balaban J connectivity index is 2.73. The zero-order chi connectivity index (χ0) is 9.42. The maximum absolute atomic E-state index is 10.8. The highest BCUT2D eigenvalue weighted by Crippen LogP contribution is 1.89. The quantitative estimate of drug-likeness (QED) is 0.542. The number of pyridine rings is 1. The van der Waals surface area contributed by atoms with E-state index in [4.69, 9.17) is 5.73 Å². The van der Waals surface area contributed by atoms with Crippen LogP contribution in [0.3, 0.4) is 0 Å². The van der Waals surface area contributed by atoms with Crippen LogP contribution < -0.4 is 16.4 Å². The molecule has 2 N–H and O–H groups in total. The molecule has 2 amide bonds. The molecule has 5 nitrogen and oxygen atoms in total. The summed E-state index contributed by atoms with van der Waals surface area (Å²) in [5, 5.41) is 0.543. The Kier molecular flexibility index (Phi) is 1.45. The van der Waals surface area contributed by atoms with Crippen LogP contribution in [0.5, 0.6) is 0 Å². The van der Waals surface area contributed by atoms with E-state index in [1.54, 1.807) is 0 Å². The van der Waals surface area contributed by atoms with E-state index in [1.807, 2.05) is 0 Å². The number of hydrogen-bond acceptors (Lipinski definition) is 3. The first-order valence-electron chi connectivity index (χ1n) is 3.57. The molecule has 2 heterocycles. The summed E-state index contributed by atoms with van der Waals surface area (Å²) in [6.45, 7) is 0. The number of carbonyl (C=O) groups is 2. The van der Waals surface area contributed by atoms with Crippen molar-refractivity contribution >= 4 is 17.9 Å². The minimum absolute atomic E-state index is 0.278. The molecule has 0 saturated carbocycles. The average molecular weight is 175 g/mol. The monoisotopic (exact) mass is 175 g/mol. The van der Waals surface area contributed by atoms with Crippen molar-refractivity contribution in [3.05, 3.63) is 28.5 Å². The van der Waals surface area contributed by atoms with Crippen LogP contribution in [0.15, 0.2) is 17.3 Å². The highest BCUT2D eigenvalue weighted by molar-refractivity contribution is 6.06. The maximum Gasteiger partial charge on any atom is 0.272 e. The second-order valence-corrected chi connectivity index (χ2v) is 2.60. The molecule has 1 aliphatic heterocycles. The third-order valence-electron chi connectivity index (χ3n) is 1.67. The van der Waals surface area contributed by atoms with Crippen LogP contribution in [0, 0.1) is 0 Å². The number of aromatic nitrogens is 1. The largest absolute Gasteiger partial charge is 0.366 e. The molecule has 0 saturated heterocycles. The summed E-state index contributed by atoms with van der Waals surface area (Å²) in [7, 11) is 0. The molecule has 0 fully saturated rings. The van der Waals surface area contributed by atoms with Gasteiger partial charge in [-0.05, 0) is 6.07 Å². The van der Waals surface area contributed by atoms with Gasteiger partial charge in [-0.1, -0.05) is 0 Å². The lowest BCUT2D eigenvalue weighted by Crippen LogP contribution is -2.27. The van der Waals surface area contributed by atoms with Crippen molar-refractivity contribution in [2.45, 2.75) is 0 Å². The standard InChI is InChI=1S/C8H5N3O2/c9-7(13)5-1-4-2-6(12)11-8(4)10-3-5/h1-3H,(H2,9,13). The topological polar surface area (TPSA) is 85.4 Å². The van der Waals surface area contributed by atoms with E-state index in [2.05, 4.69) is 9.98 Å². The van der Waals surface area contributed by atoms with Gasteiger partial charge in [0, 0.05) is 17.5 Å². The molecule has 0 aromatic carbocycles. The first-order valence-corrected chi connectivity index (χ1v) is 3.57. The van der Waals surface area contributed by atoms with Gasteiger partial charge in [0.1, 0.15) is 0 Å². The molecule has 2 rings (SSSR count). The second-order valence-electron chi connectivity index (χ2n) is 2.60. The third-order valence-corrected chi connectivity index (χ3v) is 1.67. The highest BCUT2D eigenvalue weighted by atomic mass is 16.1. The summed E-state index contributed by atoms with van der Waals surface area (Å²) in [5.41, 5.74) is 5.65. The number of nitrogens with zero attached hydrogens (tertiary/aromatic N) is 2. The zero-order valence-corrected chi connectivity index (χ0v) is 6.52. The van der Waals surface area contributed by atoms with Crippen molar-refractivity contribution < 1.29 is 9.59 Å². The highest BCUT2D eigenvalue weighted by Gasteiger charge is 2.06. The van der Waals surface area contributed by atoms with Crippen LogP contribution in [-0.4, -0.2) is 16.8 Å². The summed E-state index contributed by atoms with van der Waals surface area (Å²) >= 11 is 0.